The van der Waals surface area contributed by atoms with E-state index >= 15 is 0 Å². The highest BCUT2D eigenvalue weighted by atomic mass is 19.1. The Balaban J connectivity index is 2.72. The minimum absolute atomic E-state index is 0.0115. The topological polar surface area (TPSA) is 23.5 Å². The second-order valence-electron chi connectivity index (χ2n) is 3.99. The predicted molar refractivity (Wildman–Crippen MR) is 59.3 cm³/mol. The number of rotatable bonds is 4. The van der Waals surface area contributed by atoms with Gasteiger partial charge in [-0.3, -0.25) is 4.90 Å². The predicted octanol–water partition coefficient (Wildman–Crippen LogP) is 2.76. The van der Waals surface area contributed by atoms with E-state index in [1.54, 1.807) is 6.07 Å². The maximum atomic E-state index is 13.0. The zero-order chi connectivity index (χ0) is 11.4. The van der Waals surface area contributed by atoms with Crippen LogP contribution in [0.5, 0.6) is 5.75 Å². The standard InChI is InChI=1S/C12H18FNO/c1-4-9(2)14(3)8-10-5-11(13)7-12(15)6-10/h5-7,9,15H,4,8H2,1-3H3. The zero-order valence-electron chi connectivity index (χ0n) is 9.50. The highest BCUT2D eigenvalue weighted by molar-refractivity contribution is 5.28. The van der Waals surface area contributed by atoms with E-state index in [4.69, 9.17) is 0 Å². The molecule has 0 saturated carbocycles. The van der Waals surface area contributed by atoms with E-state index in [1.807, 2.05) is 7.05 Å². The lowest BCUT2D eigenvalue weighted by Gasteiger charge is -2.23. The first kappa shape index (κ1) is 12.0. The molecule has 0 saturated heterocycles. The van der Waals surface area contributed by atoms with Crippen molar-refractivity contribution in [2.45, 2.75) is 32.9 Å². The largest absolute Gasteiger partial charge is 0.508 e. The van der Waals surface area contributed by atoms with E-state index in [2.05, 4.69) is 18.7 Å². The Morgan fingerprint density at radius 1 is 1.40 bits per heavy atom. The minimum Gasteiger partial charge on any atom is -0.508 e. The van der Waals surface area contributed by atoms with Crippen molar-refractivity contribution in [3.63, 3.8) is 0 Å². The lowest BCUT2D eigenvalue weighted by atomic mass is 10.1. The van der Waals surface area contributed by atoms with E-state index in [0.29, 0.717) is 12.6 Å². The van der Waals surface area contributed by atoms with Crippen molar-refractivity contribution in [1.82, 2.24) is 4.90 Å². The van der Waals surface area contributed by atoms with Gasteiger partial charge in [-0.2, -0.15) is 0 Å². The number of aromatic hydroxyl groups is 1. The summed E-state index contributed by atoms with van der Waals surface area (Å²) >= 11 is 0. The summed E-state index contributed by atoms with van der Waals surface area (Å²) in [6.07, 6.45) is 1.05. The molecule has 0 spiro atoms. The van der Waals surface area contributed by atoms with Gasteiger partial charge >= 0.3 is 0 Å². The van der Waals surface area contributed by atoms with Crippen molar-refractivity contribution in [2.75, 3.05) is 7.05 Å². The molecule has 0 amide bonds. The van der Waals surface area contributed by atoms with Crippen molar-refractivity contribution in [3.8, 4) is 5.75 Å². The van der Waals surface area contributed by atoms with Gasteiger partial charge in [0.25, 0.3) is 0 Å². The lowest BCUT2D eigenvalue weighted by molar-refractivity contribution is 0.243. The Kier molecular flexibility index (Phi) is 4.09. The van der Waals surface area contributed by atoms with Gasteiger partial charge in [0.2, 0.25) is 0 Å². The molecule has 0 aliphatic heterocycles. The van der Waals surface area contributed by atoms with Crippen LogP contribution in [0.15, 0.2) is 18.2 Å². The fourth-order valence-corrected chi connectivity index (χ4v) is 1.48. The van der Waals surface area contributed by atoms with Crippen LogP contribution in [0.1, 0.15) is 25.8 Å². The van der Waals surface area contributed by atoms with Crippen molar-refractivity contribution < 1.29 is 9.50 Å². The summed E-state index contributed by atoms with van der Waals surface area (Å²) in [7, 11) is 2.00. The number of nitrogens with zero attached hydrogens (tertiary/aromatic N) is 1. The summed E-state index contributed by atoms with van der Waals surface area (Å²) in [5.74, 6) is -0.398. The number of phenols is 1. The van der Waals surface area contributed by atoms with Gasteiger partial charge in [-0.1, -0.05) is 6.92 Å². The third-order valence-corrected chi connectivity index (χ3v) is 2.72. The average Bonchev–Trinajstić information content (AvgIpc) is 2.14. The molecule has 0 heterocycles. The molecular formula is C12H18FNO. The smallest absolute Gasteiger partial charge is 0.127 e. The van der Waals surface area contributed by atoms with E-state index < -0.39 is 0 Å². The summed E-state index contributed by atoms with van der Waals surface area (Å²) in [6, 6.07) is 4.63. The third-order valence-electron chi connectivity index (χ3n) is 2.72. The van der Waals surface area contributed by atoms with Crippen LogP contribution in [-0.2, 0) is 6.54 Å². The molecule has 0 aliphatic carbocycles. The Morgan fingerprint density at radius 2 is 2.07 bits per heavy atom. The monoisotopic (exact) mass is 211 g/mol. The molecule has 2 nitrogen and oxygen atoms in total. The molecule has 1 N–H and O–H groups in total. The summed E-state index contributed by atoms with van der Waals surface area (Å²) < 4.78 is 13.0. The summed E-state index contributed by atoms with van der Waals surface area (Å²) in [5, 5.41) is 9.24. The molecule has 1 atom stereocenters. The van der Waals surface area contributed by atoms with Crippen molar-refractivity contribution in [3.05, 3.63) is 29.6 Å². The maximum absolute atomic E-state index is 13.0. The van der Waals surface area contributed by atoms with E-state index in [1.165, 1.54) is 6.07 Å². The Labute approximate surface area is 90.3 Å². The van der Waals surface area contributed by atoms with Gasteiger partial charge in [0.15, 0.2) is 0 Å². The van der Waals surface area contributed by atoms with Crippen molar-refractivity contribution >= 4 is 0 Å². The molecule has 3 heteroatoms. The Bertz CT molecular complexity index is 307. The first-order chi connectivity index (χ1) is 7.02. The SMILES string of the molecule is CCC(C)N(C)Cc1cc(O)cc(F)c1. The average molecular weight is 211 g/mol. The van der Waals surface area contributed by atoms with Crippen LogP contribution in [0.4, 0.5) is 4.39 Å². The fourth-order valence-electron chi connectivity index (χ4n) is 1.48. The van der Waals surface area contributed by atoms with Crippen molar-refractivity contribution in [2.24, 2.45) is 0 Å². The molecule has 0 aliphatic rings. The van der Waals surface area contributed by atoms with Crippen LogP contribution in [0.3, 0.4) is 0 Å². The van der Waals surface area contributed by atoms with Crippen LogP contribution in [0.25, 0.3) is 0 Å². The van der Waals surface area contributed by atoms with Gasteiger partial charge < -0.3 is 5.11 Å². The number of hydrogen-bond acceptors (Lipinski definition) is 2. The molecule has 1 aromatic carbocycles. The lowest BCUT2D eigenvalue weighted by Crippen LogP contribution is -2.27. The van der Waals surface area contributed by atoms with Gasteiger partial charge in [0.1, 0.15) is 11.6 Å². The molecule has 1 aromatic rings. The molecule has 84 valence electrons. The van der Waals surface area contributed by atoms with Crippen LogP contribution in [-0.4, -0.2) is 23.1 Å². The van der Waals surface area contributed by atoms with Crippen LogP contribution in [0, 0.1) is 5.82 Å². The summed E-state index contributed by atoms with van der Waals surface area (Å²) in [5.41, 5.74) is 0.801. The number of hydrogen-bond donors (Lipinski definition) is 1. The molecular weight excluding hydrogens is 193 g/mol. The van der Waals surface area contributed by atoms with E-state index in [-0.39, 0.29) is 11.6 Å². The summed E-state index contributed by atoms with van der Waals surface area (Å²) in [6.45, 7) is 4.89. The molecule has 0 fully saturated rings. The van der Waals surface area contributed by atoms with E-state index in [9.17, 15) is 9.50 Å². The second kappa shape index (κ2) is 5.12. The van der Waals surface area contributed by atoms with Gasteiger partial charge in [-0.15, -0.1) is 0 Å². The normalized spacial score (nSPS) is 13.1. The maximum Gasteiger partial charge on any atom is 0.127 e. The molecule has 0 radical (unpaired) electrons. The number of halogens is 1. The van der Waals surface area contributed by atoms with Crippen LogP contribution >= 0.6 is 0 Å². The Morgan fingerprint density at radius 3 is 2.60 bits per heavy atom. The second-order valence-corrected chi connectivity index (χ2v) is 3.99. The molecule has 0 bridgehead atoms. The highest BCUT2D eigenvalue weighted by Crippen LogP contribution is 2.16. The van der Waals surface area contributed by atoms with E-state index in [0.717, 1.165) is 18.1 Å². The van der Waals surface area contributed by atoms with Gasteiger partial charge in [-0.25, -0.2) is 4.39 Å². The first-order valence-electron chi connectivity index (χ1n) is 5.21. The molecule has 1 unspecified atom stereocenters. The number of phenolic OH excluding ortho intramolecular Hbond substituents is 1. The fraction of sp³-hybridized carbons (Fsp3) is 0.500. The Hall–Kier alpha value is -1.09. The number of benzene rings is 1. The van der Waals surface area contributed by atoms with Crippen molar-refractivity contribution in [1.29, 1.82) is 0 Å². The quantitative estimate of drug-likeness (QED) is 0.827. The minimum atomic E-state index is -0.387. The van der Waals surface area contributed by atoms with Gasteiger partial charge in [0.05, 0.1) is 0 Å². The van der Waals surface area contributed by atoms with Gasteiger partial charge in [-0.05, 0) is 38.1 Å². The zero-order valence-corrected chi connectivity index (χ0v) is 9.50. The van der Waals surface area contributed by atoms with Gasteiger partial charge in [0, 0.05) is 18.7 Å². The molecule has 0 aromatic heterocycles. The molecule has 1 rings (SSSR count). The highest BCUT2D eigenvalue weighted by Gasteiger charge is 2.08. The third kappa shape index (κ3) is 3.51. The van der Waals surface area contributed by atoms with Crippen LogP contribution < -0.4 is 0 Å². The summed E-state index contributed by atoms with van der Waals surface area (Å²) in [4.78, 5) is 2.13. The molecule has 15 heavy (non-hydrogen) atoms. The first-order valence-corrected chi connectivity index (χ1v) is 5.21. The van der Waals surface area contributed by atoms with Crippen LogP contribution in [0.2, 0.25) is 0 Å².